The fraction of sp³-hybridized carbons (Fsp3) is 0.200. The number of allylic oxidation sites excluding steroid dienone is 24. The summed E-state index contributed by atoms with van der Waals surface area (Å²) in [6.07, 6.45) is 31.6. The highest BCUT2D eigenvalue weighted by Crippen LogP contribution is 3.08. The average molecular weight is 372 g/mol. The predicted molar refractivity (Wildman–Crippen MR) is 112 cm³/mol. The summed E-state index contributed by atoms with van der Waals surface area (Å²) in [5, 5.41) is 0. The summed E-state index contributed by atoms with van der Waals surface area (Å²) in [4.78, 5) is 0. The SMILES string of the molecule is C1=C2C=C3C=C4C=C5C=C6C=C1C17C8=CC9=CC%10=CC%11=CC%12=CC(=C8)C21C3%12C4%11C5%10C697. The summed E-state index contributed by atoms with van der Waals surface area (Å²) in [5.74, 6) is 0. The minimum Gasteiger partial charge on any atom is -0.0538 e. The molecule has 0 heterocycles. The largest absolute Gasteiger partial charge is 0.0538 e. The lowest BCUT2D eigenvalue weighted by molar-refractivity contribution is -0.119. The van der Waals surface area contributed by atoms with Gasteiger partial charge in [-0.2, -0.15) is 0 Å². The zero-order valence-electron chi connectivity index (χ0n) is 15.9. The average Bonchev–Trinajstić information content (AvgIpc) is 3.47. The van der Waals surface area contributed by atoms with Gasteiger partial charge in [-0.3, -0.25) is 0 Å². The fourth-order valence-corrected chi connectivity index (χ4v) is 13.0. The summed E-state index contributed by atoms with van der Waals surface area (Å²) in [6, 6.07) is 0. The second kappa shape index (κ2) is 2.45. The van der Waals surface area contributed by atoms with E-state index < -0.39 is 0 Å². The van der Waals surface area contributed by atoms with Crippen LogP contribution in [0.5, 0.6) is 0 Å². The predicted octanol–water partition coefficient (Wildman–Crippen LogP) is 5.20. The monoisotopic (exact) mass is 372 g/mol. The molecule has 0 N–H and O–H groups in total. The van der Waals surface area contributed by atoms with Gasteiger partial charge in [-0.25, -0.2) is 0 Å². The molecule has 132 valence electrons. The molecule has 13 aliphatic carbocycles. The Hall–Kier alpha value is -3.12. The van der Waals surface area contributed by atoms with E-state index in [2.05, 4.69) is 72.9 Å². The molecule has 0 aromatic carbocycles. The third kappa shape index (κ3) is 0.486. The van der Waals surface area contributed by atoms with Crippen molar-refractivity contribution in [2.75, 3.05) is 0 Å². The van der Waals surface area contributed by atoms with Gasteiger partial charge in [0.25, 0.3) is 0 Å². The van der Waals surface area contributed by atoms with Crippen LogP contribution in [-0.2, 0) is 0 Å². The van der Waals surface area contributed by atoms with Crippen molar-refractivity contribution in [2.24, 2.45) is 32.5 Å². The highest BCUT2D eigenvalue weighted by atomic mass is 15.0. The van der Waals surface area contributed by atoms with Gasteiger partial charge in [-0.05, 0) is 66.9 Å². The van der Waals surface area contributed by atoms with E-state index in [1.807, 2.05) is 0 Å². The van der Waals surface area contributed by atoms with Crippen LogP contribution in [-0.4, -0.2) is 0 Å². The molecule has 0 saturated heterocycles. The van der Waals surface area contributed by atoms with Crippen LogP contribution < -0.4 is 0 Å². The van der Waals surface area contributed by atoms with Gasteiger partial charge in [0.1, 0.15) is 0 Å². The Balaban J connectivity index is 1.53. The normalized spacial score (nSPS) is 59.2. The quantitative estimate of drug-likeness (QED) is 0.548. The van der Waals surface area contributed by atoms with E-state index in [9.17, 15) is 0 Å². The number of hydrogen-bond donors (Lipinski definition) is 0. The molecule has 30 heavy (non-hydrogen) atoms. The molecule has 0 bridgehead atoms. The lowest BCUT2D eigenvalue weighted by Crippen LogP contribution is -2.70. The van der Waals surface area contributed by atoms with E-state index in [0.29, 0.717) is 0 Å². The minimum absolute atomic E-state index is 0.0781. The highest BCUT2D eigenvalue weighted by molar-refractivity contribution is 6.01. The van der Waals surface area contributed by atoms with Crippen molar-refractivity contribution in [3.63, 3.8) is 0 Å². The lowest BCUT2D eigenvalue weighted by Gasteiger charge is -2.71. The topological polar surface area (TPSA) is 0 Å². The first kappa shape index (κ1) is 11.9. The molecule has 0 unspecified atom stereocenters. The van der Waals surface area contributed by atoms with Crippen LogP contribution >= 0.6 is 0 Å². The molecule has 0 nitrogen and oxygen atoms in total. The molecular weight excluding hydrogens is 360 g/mol. The van der Waals surface area contributed by atoms with Gasteiger partial charge in [0.15, 0.2) is 0 Å². The van der Waals surface area contributed by atoms with Crippen molar-refractivity contribution in [3.8, 4) is 0 Å². The van der Waals surface area contributed by atoms with E-state index in [4.69, 9.17) is 0 Å². The van der Waals surface area contributed by atoms with Gasteiger partial charge in [0.05, 0.1) is 32.5 Å². The van der Waals surface area contributed by atoms with Gasteiger partial charge in [0.2, 0.25) is 0 Å². The maximum Gasteiger partial charge on any atom is 0.0502 e. The third-order valence-corrected chi connectivity index (χ3v) is 12.3. The molecule has 0 atom stereocenters. The molecule has 0 amide bonds. The first-order valence-corrected chi connectivity index (χ1v) is 11.4. The van der Waals surface area contributed by atoms with Crippen LogP contribution in [0.15, 0.2) is 140 Å². The van der Waals surface area contributed by atoms with Crippen LogP contribution in [0.2, 0.25) is 0 Å². The Morgan fingerprint density at radius 3 is 0.400 bits per heavy atom. The summed E-state index contributed by atoms with van der Waals surface area (Å²) < 4.78 is 0. The van der Waals surface area contributed by atoms with E-state index in [1.165, 1.54) is 0 Å². The lowest BCUT2D eigenvalue weighted by atomic mass is 9.27. The molecule has 0 radical (unpaired) electrons. The minimum atomic E-state index is 0.0781. The Morgan fingerprint density at radius 2 is 0.300 bits per heavy atom. The van der Waals surface area contributed by atoms with Crippen LogP contribution in [0, 0.1) is 32.5 Å². The van der Waals surface area contributed by atoms with Gasteiger partial charge in [0, 0.05) is 0 Å². The summed E-state index contributed by atoms with van der Waals surface area (Å²) in [5.41, 5.74) is 19.9. The first-order valence-electron chi connectivity index (χ1n) is 11.4. The van der Waals surface area contributed by atoms with Crippen molar-refractivity contribution in [3.05, 3.63) is 140 Å². The van der Waals surface area contributed by atoms with E-state index in [0.717, 1.165) is 0 Å². The fourth-order valence-electron chi connectivity index (χ4n) is 13.0. The second-order valence-electron chi connectivity index (χ2n) is 11.7. The Kier molecular flexibility index (Phi) is 0.972. The Morgan fingerprint density at radius 1 is 0.200 bits per heavy atom. The van der Waals surface area contributed by atoms with Crippen molar-refractivity contribution >= 4 is 0 Å². The molecule has 13 rings (SSSR count). The van der Waals surface area contributed by atoms with E-state index >= 15 is 0 Å². The smallest absolute Gasteiger partial charge is 0.0502 e. The van der Waals surface area contributed by atoms with E-state index in [1.54, 1.807) is 66.9 Å². The molecule has 0 heteroatoms. The third-order valence-electron chi connectivity index (χ3n) is 12.3. The van der Waals surface area contributed by atoms with Crippen molar-refractivity contribution < 1.29 is 0 Å². The molecule has 13 aliphatic rings. The van der Waals surface area contributed by atoms with Crippen molar-refractivity contribution in [1.29, 1.82) is 0 Å². The summed E-state index contributed by atoms with van der Waals surface area (Å²) in [7, 11) is 0. The maximum absolute atomic E-state index is 2.63. The Bertz CT molecular complexity index is 1270. The van der Waals surface area contributed by atoms with Crippen molar-refractivity contribution in [2.45, 2.75) is 0 Å². The summed E-state index contributed by atoms with van der Waals surface area (Å²) >= 11 is 0. The zero-order valence-corrected chi connectivity index (χ0v) is 15.9. The molecule has 0 aromatic rings. The van der Waals surface area contributed by atoms with Gasteiger partial charge >= 0.3 is 0 Å². The van der Waals surface area contributed by atoms with Crippen LogP contribution in [0.3, 0.4) is 0 Å². The van der Waals surface area contributed by atoms with Crippen LogP contribution in [0.4, 0.5) is 0 Å². The first-order chi connectivity index (χ1) is 14.8. The molecular formula is C30H12. The number of hydrogen-bond acceptors (Lipinski definition) is 0. The van der Waals surface area contributed by atoms with E-state index in [-0.39, 0.29) is 32.5 Å². The van der Waals surface area contributed by atoms with Crippen LogP contribution in [0.25, 0.3) is 0 Å². The zero-order chi connectivity index (χ0) is 18.4. The van der Waals surface area contributed by atoms with Gasteiger partial charge in [-0.1, -0.05) is 72.9 Å². The molecule has 1 fully saturated rings. The Labute approximate surface area is 172 Å². The van der Waals surface area contributed by atoms with Gasteiger partial charge < -0.3 is 0 Å². The molecule has 1 saturated carbocycles. The van der Waals surface area contributed by atoms with Crippen molar-refractivity contribution in [1.82, 2.24) is 0 Å². The van der Waals surface area contributed by atoms with Crippen LogP contribution in [0.1, 0.15) is 0 Å². The second-order valence-corrected chi connectivity index (χ2v) is 11.7. The maximum atomic E-state index is 2.63. The molecule has 0 aliphatic heterocycles. The summed E-state index contributed by atoms with van der Waals surface area (Å²) in [6.45, 7) is 0. The molecule has 0 aromatic heterocycles. The highest BCUT2D eigenvalue weighted by Gasteiger charge is 3.03. The van der Waals surface area contributed by atoms with Gasteiger partial charge in [-0.15, -0.1) is 0 Å². The number of rotatable bonds is 0. The standard InChI is InChI=1S/C30H12/c1-13-2-15-4-21-11-22-5-16-3-14(1)26-18-6-17-7-19-9-23-12-24-10-20(8-18)28(16,26)30(22,24)29(21,23)27(15,19)25(13,17)26/h1-12H. The molecule has 6 spiro atoms.